The highest BCUT2D eigenvalue weighted by Crippen LogP contribution is 2.33. The van der Waals surface area contributed by atoms with E-state index in [1.165, 1.54) is 12.1 Å². The average molecular weight is 430 g/mol. The van der Waals surface area contributed by atoms with Crippen LogP contribution in [-0.2, 0) is 4.79 Å². The lowest BCUT2D eigenvalue weighted by Gasteiger charge is -2.33. The van der Waals surface area contributed by atoms with E-state index in [0.29, 0.717) is 19.9 Å². The third kappa shape index (κ3) is 4.11. The van der Waals surface area contributed by atoms with Gasteiger partial charge in [-0.25, -0.2) is 9.07 Å². The van der Waals surface area contributed by atoms with Crippen LogP contribution >= 0.6 is 0 Å². The molecule has 0 bridgehead atoms. The number of hydrogen-bond donors (Lipinski definition) is 1. The molecule has 2 unspecified atom stereocenters. The summed E-state index contributed by atoms with van der Waals surface area (Å²) in [5.74, 6) is -4.79. The Morgan fingerprint density at radius 2 is 1.84 bits per heavy atom. The number of rotatable bonds is 5. The SMILES string of the molecule is CC(C)C1C(NC(=O)C(C)(F)F)CCN1c1ccc2c(cnn2-c2ccc(F)cc2)c1. The Balaban J connectivity index is 1.62. The summed E-state index contributed by atoms with van der Waals surface area (Å²) in [6.45, 7) is 5.32. The summed E-state index contributed by atoms with van der Waals surface area (Å²) < 4.78 is 41.8. The highest BCUT2D eigenvalue weighted by molar-refractivity contribution is 5.85. The molecule has 1 aliphatic heterocycles. The van der Waals surface area contributed by atoms with Crippen LogP contribution in [0.5, 0.6) is 0 Å². The van der Waals surface area contributed by atoms with Crippen LogP contribution in [0.15, 0.2) is 48.7 Å². The monoisotopic (exact) mass is 430 g/mol. The Hall–Kier alpha value is -3.03. The van der Waals surface area contributed by atoms with Gasteiger partial charge in [0.1, 0.15) is 5.82 Å². The van der Waals surface area contributed by atoms with Crippen LogP contribution in [0, 0.1) is 11.7 Å². The van der Waals surface area contributed by atoms with Crippen molar-refractivity contribution in [3.05, 3.63) is 54.5 Å². The number of nitrogens with zero attached hydrogens (tertiary/aromatic N) is 3. The van der Waals surface area contributed by atoms with E-state index in [0.717, 1.165) is 22.3 Å². The van der Waals surface area contributed by atoms with E-state index in [2.05, 4.69) is 15.3 Å². The van der Waals surface area contributed by atoms with E-state index in [1.807, 2.05) is 32.0 Å². The predicted octanol–water partition coefficient (Wildman–Crippen LogP) is 4.54. The Bertz CT molecular complexity index is 1090. The summed E-state index contributed by atoms with van der Waals surface area (Å²) in [6, 6.07) is 11.6. The van der Waals surface area contributed by atoms with Crippen LogP contribution < -0.4 is 10.2 Å². The number of benzene rings is 2. The van der Waals surface area contributed by atoms with Crippen LogP contribution in [-0.4, -0.2) is 40.2 Å². The van der Waals surface area contributed by atoms with Crippen molar-refractivity contribution in [3.8, 4) is 5.69 Å². The molecule has 1 fully saturated rings. The fraction of sp³-hybridized carbons (Fsp3) is 0.391. The minimum absolute atomic E-state index is 0.101. The molecule has 1 aromatic heterocycles. The maximum Gasteiger partial charge on any atom is 0.321 e. The summed E-state index contributed by atoms with van der Waals surface area (Å²) >= 11 is 0. The van der Waals surface area contributed by atoms with E-state index in [1.54, 1.807) is 23.0 Å². The Morgan fingerprint density at radius 3 is 2.48 bits per heavy atom. The number of carbonyl (C=O) groups excluding carboxylic acids is 1. The summed E-state index contributed by atoms with van der Waals surface area (Å²) in [4.78, 5) is 14.0. The Morgan fingerprint density at radius 1 is 1.16 bits per heavy atom. The summed E-state index contributed by atoms with van der Waals surface area (Å²) in [7, 11) is 0. The van der Waals surface area contributed by atoms with Gasteiger partial charge in [0.05, 0.1) is 29.5 Å². The van der Waals surface area contributed by atoms with Crippen molar-refractivity contribution in [3.63, 3.8) is 0 Å². The number of anilines is 1. The Kier molecular flexibility index (Phi) is 5.41. The molecule has 0 spiro atoms. The quantitative estimate of drug-likeness (QED) is 0.647. The Labute approximate surface area is 178 Å². The van der Waals surface area contributed by atoms with Gasteiger partial charge in [-0.1, -0.05) is 13.8 Å². The largest absolute Gasteiger partial charge is 0.366 e. The molecule has 5 nitrogen and oxygen atoms in total. The van der Waals surface area contributed by atoms with Gasteiger partial charge in [-0.15, -0.1) is 0 Å². The molecule has 4 rings (SSSR count). The molecule has 3 aromatic rings. The smallest absolute Gasteiger partial charge is 0.321 e. The van der Waals surface area contributed by atoms with E-state index in [9.17, 15) is 18.0 Å². The van der Waals surface area contributed by atoms with Crippen molar-refractivity contribution in [2.24, 2.45) is 5.92 Å². The maximum atomic E-state index is 13.4. The molecule has 1 aliphatic rings. The second-order valence-corrected chi connectivity index (χ2v) is 8.46. The first kappa shape index (κ1) is 21.2. The topological polar surface area (TPSA) is 50.2 Å². The molecule has 164 valence electrons. The number of amides is 1. The molecule has 1 amide bonds. The lowest BCUT2D eigenvalue weighted by atomic mass is 9.96. The number of hydrogen-bond acceptors (Lipinski definition) is 3. The van der Waals surface area contributed by atoms with Gasteiger partial charge < -0.3 is 10.2 Å². The van der Waals surface area contributed by atoms with Gasteiger partial charge in [0.15, 0.2) is 0 Å². The lowest BCUT2D eigenvalue weighted by molar-refractivity contribution is -0.143. The summed E-state index contributed by atoms with van der Waals surface area (Å²) in [6.07, 6.45) is 2.34. The fourth-order valence-electron chi connectivity index (χ4n) is 4.38. The zero-order valence-corrected chi connectivity index (χ0v) is 17.6. The number of nitrogens with one attached hydrogen (secondary N) is 1. The molecular formula is C23H25F3N4O. The molecule has 0 saturated carbocycles. The number of alkyl halides is 2. The van der Waals surface area contributed by atoms with Gasteiger partial charge in [0, 0.05) is 24.5 Å². The number of carbonyl (C=O) groups is 1. The lowest BCUT2D eigenvalue weighted by Crippen LogP contribution is -2.51. The number of aromatic nitrogens is 2. The van der Waals surface area contributed by atoms with Crippen LogP contribution in [0.2, 0.25) is 0 Å². The van der Waals surface area contributed by atoms with E-state index in [4.69, 9.17) is 0 Å². The molecular weight excluding hydrogens is 405 g/mol. The van der Waals surface area contributed by atoms with Gasteiger partial charge in [-0.3, -0.25) is 4.79 Å². The fourth-order valence-corrected chi connectivity index (χ4v) is 4.38. The van der Waals surface area contributed by atoms with Crippen molar-refractivity contribution >= 4 is 22.5 Å². The second kappa shape index (κ2) is 7.90. The minimum Gasteiger partial charge on any atom is -0.366 e. The first-order valence-electron chi connectivity index (χ1n) is 10.3. The average Bonchev–Trinajstić information content (AvgIpc) is 3.31. The summed E-state index contributed by atoms with van der Waals surface area (Å²) in [5, 5.41) is 7.89. The van der Waals surface area contributed by atoms with Gasteiger partial charge >= 0.3 is 5.92 Å². The molecule has 0 radical (unpaired) electrons. The molecule has 2 heterocycles. The van der Waals surface area contributed by atoms with Crippen molar-refractivity contribution in [1.82, 2.24) is 15.1 Å². The van der Waals surface area contributed by atoms with Crippen LogP contribution in [0.25, 0.3) is 16.6 Å². The third-order valence-corrected chi connectivity index (χ3v) is 5.81. The van der Waals surface area contributed by atoms with Crippen molar-refractivity contribution < 1.29 is 18.0 Å². The second-order valence-electron chi connectivity index (χ2n) is 8.46. The highest BCUT2D eigenvalue weighted by atomic mass is 19.3. The molecule has 31 heavy (non-hydrogen) atoms. The van der Waals surface area contributed by atoms with Gasteiger partial charge in [-0.2, -0.15) is 13.9 Å². The number of fused-ring (bicyclic) bond motifs is 1. The van der Waals surface area contributed by atoms with Crippen molar-refractivity contribution in [2.45, 2.75) is 45.2 Å². The third-order valence-electron chi connectivity index (χ3n) is 5.81. The first-order valence-corrected chi connectivity index (χ1v) is 10.3. The zero-order chi connectivity index (χ0) is 22.3. The minimum atomic E-state index is -3.40. The van der Waals surface area contributed by atoms with Crippen LogP contribution in [0.4, 0.5) is 18.9 Å². The predicted molar refractivity (Wildman–Crippen MR) is 114 cm³/mol. The van der Waals surface area contributed by atoms with E-state index >= 15 is 0 Å². The van der Waals surface area contributed by atoms with Gasteiger partial charge in [0.25, 0.3) is 5.91 Å². The van der Waals surface area contributed by atoms with Gasteiger partial charge in [-0.05, 0) is 54.8 Å². The standard InChI is InChI=1S/C23H25F3N4O/c1-14(2)21-19(28-22(31)23(3,25)26)10-11-29(21)18-8-9-20-15(12-18)13-27-30(20)17-6-4-16(24)5-7-17/h4-9,12-14,19,21H,10-11H2,1-3H3,(H,28,31). The molecule has 8 heteroatoms. The molecule has 2 aromatic carbocycles. The first-order chi connectivity index (χ1) is 14.6. The molecule has 0 aliphatic carbocycles. The highest BCUT2D eigenvalue weighted by Gasteiger charge is 2.41. The molecule has 1 saturated heterocycles. The van der Waals surface area contributed by atoms with Crippen LogP contribution in [0.1, 0.15) is 27.2 Å². The molecule has 1 N–H and O–H groups in total. The van der Waals surface area contributed by atoms with E-state index in [-0.39, 0.29) is 23.8 Å². The number of halogens is 3. The maximum absolute atomic E-state index is 13.4. The van der Waals surface area contributed by atoms with E-state index < -0.39 is 11.8 Å². The van der Waals surface area contributed by atoms with Crippen molar-refractivity contribution in [2.75, 3.05) is 11.4 Å². The zero-order valence-electron chi connectivity index (χ0n) is 17.6. The van der Waals surface area contributed by atoms with Crippen molar-refractivity contribution in [1.29, 1.82) is 0 Å². The van der Waals surface area contributed by atoms with Gasteiger partial charge in [0.2, 0.25) is 0 Å². The normalized spacial score (nSPS) is 19.4. The molecule has 2 atom stereocenters. The summed E-state index contributed by atoms with van der Waals surface area (Å²) in [5.41, 5.74) is 2.59. The van der Waals surface area contributed by atoms with Crippen LogP contribution in [0.3, 0.4) is 0 Å².